The van der Waals surface area contributed by atoms with Crippen LogP contribution in [0.2, 0.25) is 0 Å². The number of thioether (sulfide) groups is 1. The molecule has 2 aromatic carbocycles. The fraction of sp³-hybridized carbons (Fsp3) is 0.200. The Bertz CT molecular complexity index is 1270. The van der Waals surface area contributed by atoms with Crippen molar-refractivity contribution in [2.75, 3.05) is 11.8 Å². The first-order valence-corrected chi connectivity index (χ1v) is 11.4. The van der Waals surface area contributed by atoms with Crippen LogP contribution in [0.5, 0.6) is 5.75 Å². The second-order valence-corrected chi connectivity index (χ2v) is 9.14. The average molecular weight is 446 g/mol. The molecule has 0 amide bonds. The standard InChI is InChI=1S/C20H19N3O5S2/c1-12-17(13(2)28-22-12)11-29-20-21-18-10-16(8-9-19(18)27-20)30(24,25)23-14-4-6-15(26-3)7-5-14/h4-10,23H,11H2,1-3H3. The Morgan fingerprint density at radius 1 is 1.13 bits per heavy atom. The van der Waals surface area contributed by atoms with Gasteiger partial charge in [0.05, 0.1) is 17.7 Å². The maximum Gasteiger partial charge on any atom is 0.261 e. The van der Waals surface area contributed by atoms with Gasteiger partial charge in [0, 0.05) is 17.0 Å². The van der Waals surface area contributed by atoms with Crippen molar-refractivity contribution < 1.29 is 22.1 Å². The zero-order valence-corrected chi connectivity index (χ0v) is 18.1. The maximum atomic E-state index is 12.7. The van der Waals surface area contributed by atoms with Crippen molar-refractivity contribution in [3.05, 3.63) is 59.5 Å². The van der Waals surface area contributed by atoms with Gasteiger partial charge in [-0.1, -0.05) is 16.9 Å². The van der Waals surface area contributed by atoms with E-state index < -0.39 is 10.0 Å². The van der Waals surface area contributed by atoms with Gasteiger partial charge in [0.2, 0.25) is 0 Å². The summed E-state index contributed by atoms with van der Waals surface area (Å²) in [7, 11) is -2.23. The molecule has 0 bridgehead atoms. The lowest BCUT2D eigenvalue weighted by molar-refractivity contribution is 0.392. The fourth-order valence-electron chi connectivity index (χ4n) is 2.83. The van der Waals surface area contributed by atoms with Gasteiger partial charge in [-0.3, -0.25) is 4.72 Å². The number of aromatic nitrogens is 2. The Labute approximate surface area is 177 Å². The molecule has 156 valence electrons. The molecule has 0 saturated carbocycles. The normalized spacial score (nSPS) is 11.7. The van der Waals surface area contributed by atoms with Crippen molar-refractivity contribution in [2.45, 2.75) is 29.7 Å². The van der Waals surface area contributed by atoms with Crippen molar-refractivity contribution in [3.8, 4) is 5.75 Å². The van der Waals surface area contributed by atoms with Crippen LogP contribution in [-0.4, -0.2) is 25.7 Å². The van der Waals surface area contributed by atoms with Gasteiger partial charge in [0.1, 0.15) is 17.0 Å². The van der Waals surface area contributed by atoms with E-state index in [1.165, 1.54) is 23.9 Å². The number of rotatable bonds is 7. The van der Waals surface area contributed by atoms with E-state index in [0.29, 0.717) is 33.5 Å². The summed E-state index contributed by atoms with van der Waals surface area (Å²) in [6, 6.07) is 11.2. The lowest BCUT2D eigenvalue weighted by atomic mass is 10.2. The van der Waals surface area contributed by atoms with Gasteiger partial charge in [-0.25, -0.2) is 13.4 Å². The molecule has 0 atom stereocenters. The molecule has 2 aromatic heterocycles. The molecule has 2 heterocycles. The molecule has 8 nitrogen and oxygen atoms in total. The molecule has 0 aliphatic rings. The molecular weight excluding hydrogens is 426 g/mol. The summed E-state index contributed by atoms with van der Waals surface area (Å²) in [5, 5.41) is 4.38. The highest BCUT2D eigenvalue weighted by Gasteiger charge is 2.18. The minimum Gasteiger partial charge on any atom is -0.497 e. The van der Waals surface area contributed by atoms with Gasteiger partial charge < -0.3 is 13.7 Å². The Morgan fingerprint density at radius 3 is 2.57 bits per heavy atom. The number of nitrogens with one attached hydrogen (secondary N) is 1. The number of aryl methyl sites for hydroxylation is 2. The van der Waals surface area contributed by atoms with Crippen molar-refractivity contribution in [1.29, 1.82) is 0 Å². The quantitative estimate of drug-likeness (QED) is 0.413. The van der Waals surface area contributed by atoms with E-state index in [-0.39, 0.29) is 4.90 Å². The Balaban J connectivity index is 1.53. The topological polar surface area (TPSA) is 107 Å². The van der Waals surface area contributed by atoms with Crippen LogP contribution in [0.25, 0.3) is 11.1 Å². The van der Waals surface area contributed by atoms with Crippen LogP contribution in [0.3, 0.4) is 0 Å². The lowest BCUT2D eigenvalue weighted by Crippen LogP contribution is -2.12. The zero-order chi connectivity index (χ0) is 21.3. The number of hydrogen-bond acceptors (Lipinski definition) is 8. The Kier molecular flexibility index (Phi) is 5.44. The second kappa shape index (κ2) is 8.04. The molecule has 4 rings (SSSR count). The molecule has 1 N–H and O–H groups in total. The number of nitrogens with zero attached hydrogens (tertiary/aromatic N) is 2. The highest BCUT2D eigenvalue weighted by Crippen LogP contribution is 2.30. The van der Waals surface area contributed by atoms with Crippen molar-refractivity contribution >= 4 is 38.6 Å². The van der Waals surface area contributed by atoms with E-state index in [1.807, 2.05) is 13.8 Å². The van der Waals surface area contributed by atoms with Crippen LogP contribution in [0.15, 0.2) is 61.5 Å². The molecule has 0 saturated heterocycles. The Hall–Kier alpha value is -2.98. The van der Waals surface area contributed by atoms with Gasteiger partial charge >= 0.3 is 0 Å². The number of oxazole rings is 1. The van der Waals surface area contributed by atoms with E-state index in [4.69, 9.17) is 13.7 Å². The number of benzene rings is 2. The van der Waals surface area contributed by atoms with Crippen LogP contribution in [0.4, 0.5) is 5.69 Å². The average Bonchev–Trinajstić information content (AvgIpc) is 3.28. The van der Waals surface area contributed by atoms with Gasteiger partial charge in [-0.15, -0.1) is 0 Å². The summed E-state index contributed by atoms with van der Waals surface area (Å²) in [5.41, 5.74) is 3.24. The molecular formula is C20H19N3O5S2. The predicted octanol–water partition coefficient (Wildman–Crippen LogP) is 4.53. The fourth-order valence-corrected chi connectivity index (χ4v) is 4.90. The summed E-state index contributed by atoms with van der Waals surface area (Å²) in [5.74, 6) is 2.00. The van der Waals surface area contributed by atoms with E-state index >= 15 is 0 Å². The summed E-state index contributed by atoms with van der Waals surface area (Å²) in [4.78, 5) is 4.51. The molecule has 4 aromatic rings. The molecule has 0 spiro atoms. The molecule has 0 radical (unpaired) electrons. The predicted molar refractivity (Wildman–Crippen MR) is 113 cm³/mol. The van der Waals surface area contributed by atoms with Crippen LogP contribution in [-0.2, 0) is 15.8 Å². The summed E-state index contributed by atoms with van der Waals surface area (Å²) in [6.45, 7) is 3.74. The van der Waals surface area contributed by atoms with Crippen LogP contribution >= 0.6 is 11.8 Å². The third kappa shape index (κ3) is 4.14. The van der Waals surface area contributed by atoms with Crippen molar-refractivity contribution in [1.82, 2.24) is 10.1 Å². The monoisotopic (exact) mass is 445 g/mol. The molecule has 0 unspecified atom stereocenters. The second-order valence-electron chi connectivity index (χ2n) is 6.53. The summed E-state index contributed by atoms with van der Waals surface area (Å²) < 4.78 is 44.0. The SMILES string of the molecule is COc1ccc(NS(=O)(=O)c2ccc3oc(SCc4c(C)noc4C)nc3c2)cc1. The minimum absolute atomic E-state index is 0.0985. The number of hydrogen-bond donors (Lipinski definition) is 1. The zero-order valence-electron chi connectivity index (χ0n) is 16.5. The highest BCUT2D eigenvalue weighted by atomic mass is 32.2. The molecule has 0 fully saturated rings. The molecule has 0 aliphatic heterocycles. The maximum absolute atomic E-state index is 12.7. The van der Waals surface area contributed by atoms with Gasteiger partial charge in [-0.05, 0) is 56.3 Å². The third-order valence-electron chi connectivity index (χ3n) is 4.51. The summed E-state index contributed by atoms with van der Waals surface area (Å²) >= 11 is 1.40. The van der Waals surface area contributed by atoms with Gasteiger partial charge in [0.25, 0.3) is 15.2 Å². The molecule has 10 heteroatoms. The number of sulfonamides is 1. The first kappa shape index (κ1) is 20.3. The summed E-state index contributed by atoms with van der Waals surface area (Å²) in [6.07, 6.45) is 0. The van der Waals surface area contributed by atoms with E-state index in [2.05, 4.69) is 14.9 Å². The van der Waals surface area contributed by atoms with Crippen molar-refractivity contribution in [2.24, 2.45) is 0 Å². The van der Waals surface area contributed by atoms with Gasteiger partial charge in [-0.2, -0.15) is 0 Å². The smallest absolute Gasteiger partial charge is 0.261 e. The number of methoxy groups -OCH3 is 1. The third-order valence-corrected chi connectivity index (χ3v) is 6.75. The molecule has 30 heavy (non-hydrogen) atoms. The van der Waals surface area contributed by atoms with Gasteiger partial charge in [0.15, 0.2) is 5.58 Å². The molecule has 0 aliphatic carbocycles. The van der Waals surface area contributed by atoms with Crippen LogP contribution in [0.1, 0.15) is 17.0 Å². The number of fused-ring (bicyclic) bond motifs is 1. The Morgan fingerprint density at radius 2 is 1.90 bits per heavy atom. The number of anilines is 1. The lowest BCUT2D eigenvalue weighted by Gasteiger charge is -2.08. The van der Waals surface area contributed by atoms with Crippen molar-refractivity contribution in [3.63, 3.8) is 0 Å². The first-order valence-electron chi connectivity index (χ1n) is 8.98. The van der Waals surface area contributed by atoms with E-state index in [0.717, 1.165) is 17.0 Å². The highest BCUT2D eigenvalue weighted by molar-refractivity contribution is 7.98. The first-order chi connectivity index (χ1) is 14.4. The minimum atomic E-state index is -3.77. The van der Waals surface area contributed by atoms with Crippen LogP contribution < -0.4 is 9.46 Å². The largest absolute Gasteiger partial charge is 0.497 e. The number of ether oxygens (including phenoxy) is 1. The van der Waals surface area contributed by atoms with Crippen LogP contribution in [0, 0.1) is 13.8 Å². The van der Waals surface area contributed by atoms with E-state index in [1.54, 1.807) is 37.4 Å². The van der Waals surface area contributed by atoms with E-state index in [9.17, 15) is 8.42 Å².